The van der Waals surface area contributed by atoms with Gasteiger partial charge in [0.05, 0.1) is 13.2 Å². The van der Waals surface area contributed by atoms with Gasteiger partial charge in [-0.3, -0.25) is 4.79 Å². The fourth-order valence-electron chi connectivity index (χ4n) is 3.51. The van der Waals surface area contributed by atoms with E-state index in [1.807, 2.05) is 60.7 Å². The van der Waals surface area contributed by atoms with Gasteiger partial charge in [-0.25, -0.2) is 4.79 Å². The average Bonchev–Trinajstić information content (AvgIpc) is 2.72. The lowest BCUT2D eigenvalue weighted by molar-refractivity contribution is -0.143. The Morgan fingerprint density at radius 3 is 1.87 bits per heavy atom. The van der Waals surface area contributed by atoms with Crippen LogP contribution in [0.2, 0.25) is 5.04 Å². The highest BCUT2D eigenvalue weighted by molar-refractivity contribution is 6.99. The molecule has 0 fully saturated rings. The molecule has 2 rings (SSSR count). The molecular formula is C22H30N2O5Si. The first-order valence-corrected chi connectivity index (χ1v) is 11.7. The molecule has 0 radical (unpaired) electrons. The SMILES string of the molecule is CC(C)(C)[Si](OC[C@H](NC(=O)[C@@H](N)CO)C(=O)O)(c1ccccc1)c1ccccc1. The summed E-state index contributed by atoms with van der Waals surface area (Å²) in [6.45, 7) is 5.43. The number of rotatable bonds is 9. The second-order valence-corrected chi connectivity index (χ2v) is 12.5. The van der Waals surface area contributed by atoms with E-state index >= 15 is 0 Å². The smallest absolute Gasteiger partial charge is 0.328 e. The lowest BCUT2D eigenvalue weighted by Crippen LogP contribution is -2.67. The molecule has 0 aliphatic carbocycles. The molecule has 0 spiro atoms. The normalized spacial score (nSPS) is 14.0. The van der Waals surface area contributed by atoms with Crippen LogP contribution in [0.4, 0.5) is 0 Å². The average molecular weight is 431 g/mol. The monoisotopic (exact) mass is 430 g/mol. The molecule has 162 valence electrons. The number of carboxylic acids is 1. The van der Waals surface area contributed by atoms with Crippen molar-refractivity contribution < 1.29 is 24.2 Å². The topological polar surface area (TPSA) is 122 Å². The molecule has 0 aliphatic rings. The Labute approximate surface area is 178 Å². The van der Waals surface area contributed by atoms with Crippen LogP contribution in [0.25, 0.3) is 0 Å². The number of amides is 1. The van der Waals surface area contributed by atoms with Crippen LogP contribution in [0.3, 0.4) is 0 Å². The number of carbonyl (C=O) groups excluding carboxylic acids is 1. The number of aliphatic carboxylic acids is 1. The third-order valence-electron chi connectivity index (χ3n) is 5.03. The van der Waals surface area contributed by atoms with E-state index < -0.39 is 38.9 Å². The van der Waals surface area contributed by atoms with Crippen LogP contribution >= 0.6 is 0 Å². The number of hydrogen-bond donors (Lipinski definition) is 4. The van der Waals surface area contributed by atoms with E-state index in [1.54, 1.807) is 0 Å². The third kappa shape index (κ3) is 5.14. The van der Waals surface area contributed by atoms with Crippen molar-refractivity contribution in [3.05, 3.63) is 60.7 Å². The predicted octanol–water partition coefficient (Wildman–Crippen LogP) is 0.452. The Balaban J connectivity index is 2.47. The molecule has 0 saturated carbocycles. The lowest BCUT2D eigenvalue weighted by atomic mass is 10.2. The molecule has 30 heavy (non-hydrogen) atoms. The minimum Gasteiger partial charge on any atom is -0.480 e. The van der Waals surface area contributed by atoms with Gasteiger partial charge in [-0.1, -0.05) is 81.4 Å². The Kier molecular flexibility index (Phi) is 7.91. The molecule has 0 aromatic heterocycles. The molecule has 0 saturated heterocycles. The first-order valence-electron chi connectivity index (χ1n) is 9.78. The fourth-order valence-corrected chi connectivity index (χ4v) is 8.08. The molecule has 0 bridgehead atoms. The zero-order valence-corrected chi connectivity index (χ0v) is 18.5. The van der Waals surface area contributed by atoms with Gasteiger partial charge < -0.3 is 25.7 Å². The van der Waals surface area contributed by atoms with Crippen molar-refractivity contribution in [3.8, 4) is 0 Å². The molecule has 0 heterocycles. The van der Waals surface area contributed by atoms with Crippen molar-refractivity contribution in [3.63, 3.8) is 0 Å². The summed E-state index contributed by atoms with van der Waals surface area (Å²) in [5, 5.41) is 22.7. The highest BCUT2D eigenvalue weighted by atomic mass is 28.4. The summed E-state index contributed by atoms with van der Waals surface area (Å²) in [5.41, 5.74) is 5.51. The molecule has 0 unspecified atom stereocenters. The maximum atomic E-state index is 12.0. The molecule has 8 heteroatoms. The van der Waals surface area contributed by atoms with E-state index in [1.165, 1.54) is 0 Å². The number of carbonyl (C=O) groups is 2. The van der Waals surface area contributed by atoms with Gasteiger partial charge in [0.2, 0.25) is 5.91 Å². The van der Waals surface area contributed by atoms with E-state index in [9.17, 15) is 14.7 Å². The maximum Gasteiger partial charge on any atom is 0.328 e. The summed E-state index contributed by atoms with van der Waals surface area (Å²) >= 11 is 0. The Morgan fingerprint density at radius 1 is 1.03 bits per heavy atom. The fraction of sp³-hybridized carbons (Fsp3) is 0.364. The first kappa shape index (κ1) is 23.8. The van der Waals surface area contributed by atoms with Gasteiger partial charge in [0, 0.05) is 0 Å². The molecule has 5 N–H and O–H groups in total. The van der Waals surface area contributed by atoms with Crippen molar-refractivity contribution in [2.75, 3.05) is 13.2 Å². The van der Waals surface area contributed by atoms with E-state index in [2.05, 4.69) is 26.1 Å². The Morgan fingerprint density at radius 2 is 1.50 bits per heavy atom. The number of carboxylic acid groups (broad SMARTS) is 1. The zero-order chi connectivity index (χ0) is 22.4. The molecule has 2 atom stereocenters. The van der Waals surface area contributed by atoms with Crippen LogP contribution in [-0.4, -0.2) is 55.7 Å². The number of aliphatic hydroxyl groups excluding tert-OH is 1. The number of benzene rings is 2. The third-order valence-corrected chi connectivity index (χ3v) is 10.0. The second-order valence-electron chi connectivity index (χ2n) is 8.16. The Hall–Kier alpha value is -2.52. The quantitative estimate of drug-likeness (QED) is 0.429. The van der Waals surface area contributed by atoms with Crippen molar-refractivity contribution in [2.45, 2.75) is 37.9 Å². The molecular weight excluding hydrogens is 400 g/mol. The van der Waals surface area contributed by atoms with E-state index in [-0.39, 0.29) is 11.6 Å². The van der Waals surface area contributed by atoms with Crippen LogP contribution in [0.15, 0.2) is 60.7 Å². The van der Waals surface area contributed by atoms with Crippen molar-refractivity contribution in [2.24, 2.45) is 5.73 Å². The second kappa shape index (κ2) is 9.99. The molecule has 0 aliphatic heterocycles. The molecule has 1 amide bonds. The summed E-state index contributed by atoms with van der Waals surface area (Å²) in [5.74, 6) is -1.97. The van der Waals surface area contributed by atoms with Gasteiger partial charge in [-0.2, -0.15) is 0 Å². The lowest BCUT2D eigenvalue weighted by Gasteiger charge is -2.43. The van der Waals surface area contributed by atoms with E-state index in [0.29, 0.717) is 0 Å². The molecule has 2 aromatic rings. The van der Waals surface area contributed by atoms with Crippen molar-refractivity contribution in [1.29, 1.82) is 0 Å². The minimum absolute atomic E-state index is 0.230. The summed E-state index contributed by atoms with van der Waals surface area (Å²) in [4.78, 5) is 23.8. The highest BCUT2D eigenvalue weighted by Crippen LogP contribution is 2.36. The number of nitrogens with one attached hydrogen (secondary N) is 1. The van der Waals surface area contributed by atoms with Crippen LogP contribution in [0.5, 0.6) is 0 Å². The van der Waals surface area contributed by atoms with E-state index in [0.717, 1.165) is 10.4 Å². The van der Waals surface area contributed by atoms with Crippen LogP contribution in [0.1, 0.15) is 20.8 Å². The molecule has 7 nitrogen and oxygen atoms in total. The standard InChI is InChI=1S/C22H30N2O5Si/c1-22(2,3)30(16-10-6-4-7-11-16,17-12-8-5-9-13-17)29-15-19(21(27)28)24-20(26)18(23)14-25/h4-13,18-19,25H,14-15,23H2,1-3H3,(H,24,26)(H,27,28)/t18-,19-/m0/s1. The van der Waals surface area contributed by atoms with Crippen molar-refractivity contribution >= 4 is 30.6 Å². The Bertz CT molecular complexity index is 800. The molecule has 2 aromatic carbocycles. The van der Waals surface area contributed by atoms with Gasteiger partial charge in [-0.15, -0.1) is 0 Å². The first-order chi connectivity index (χ1) is 14.1. The number of aliphatic hydroxyl groups is 1. The van der Waals surface area contributed by atoms with E-state index in [4.69, 9.17) is 15.3 Å². The highest BCUT2D eigenvalue weighted by Gasteiger charge is 2.50. The summed E-state index contributed by atoms with van der Waals surface area (Å²) in [6, 6.07) is 17.1. The number of nitrogens with two attached hydrogens (primary N) is 1. The number of hydrogen-bond acceptors (Lipinski definition) is 5. The van der Waals surface area contributed by atoms with Gasteiger partial charge in [0.15, 0.2) is 0 Å². The zero-order valence-electron chi connectivity index (χ0n) is 17.5. The summed E-state index contributed by atoms with van der Waals surface area (Å²) in [6.07, 6.45) is 0. The minimum atomic E-state index is -2.94. The van der Waals surface area contributed by atoms with Gasteiger partial charge in [0.1, 0.15) is 12.1 Å². The van der Waals surface area contributed by atoms with Crippen molar-refractivity contribution in [1.82, 2.24) is 5.32 Å². The largest absolute Gasteiger partial charge is 0.480 e. The predicted molar refractivity (Wildman–Crippen MR) is 118 cm³/mol. The van der Waals surface area contributed by atoms with Crippen LogP contribution in [0, 0.1) is 0 Å². The van der Waals surface area contributed by atoms with Crippen LogP contribution < -0.4 is 21.4 Å². The van der Waals surface area contributed by atoms with Gasteiger partial charge in [0.25, 0.3) is 8.32 Å². The van der Waals surface area contributed by atoms with Crippen LogP contribution in [-0.2, 0) is 14.0 Å². The maximum absolute atomic E-state index is 12.0. The summed E-state index contributed by atoms with van der Waals surface area (Å²) in [7, 11) is -2.94. The summed E-state index contributed by atoms with van der Waals surface area (Å²) < 4.78 is 6.54. The van der Waals surface area contributed by atoms with Gasteiger partial charge in [-0.05, 0) is 15.4 Å². The van der Waals surface area contributed by atoms with Gasteiger partial charge >= 0.3 is 5.97 Å².